The van der Waals surface area contributed by atoms with Gasteiger partial charge in [0.2, 0.25) is 0 Å². The lowest BCUT2D eigenvalue weighted by atomic mass is 9.84. The molecule has 0 bridgehead atoms. The predicted octanol–water partition coefficient (Wildman–Crippen LogP) is 4.18. The summed E-state index contributed by atoms with van der Waals surface area (Å²) in [5.74, 6) is 0. The SMILES string of the molecule is Cc1cc(C)cc(C(C)(N)c2cccc(Cl)c2)c1. The van der Waals surface area contributed by atoms with E-state index in [-0.39, 0.29) is 0 Å². The molecular weight excluding hydrogens is 242 g/mol. The quantitative estimate of drug-likeness (QED) is 0.860. The Kier molecular flexibility index (Phi) is 3.47. The molecule has 0 spiro atoms. The maximum Gasteiger partial charge on any atom is 0.0637 e. The van der Waals surface area contributed by atoms with Gasteiger partial charge in [-0.3, -0.25) is 0 Å². The average molecular weight is 260 g/mol. The van der Waals surface area contributed by atoms with Gasteiger partial charge in [0.25, 0.3) is 0 Å². The zero-order chi connectivity index (χ0) is 13.3. The van der Waals surface area contributed by atoms with Gasteiger partial charge in [-0.05, 0) is 44.0 Å². The van der Waals surface area contributed by atoms with E-state index in [1.54, 1.807) is 0 Å². The molecule has 0 aliphatic carbocycles. The molecule has 2 aromatic rings. The molecule has 2 aromatic carbocycles. The first-order chi connectivity index (χ1) is 8.39. The van der Waals surface area contributed by atoms with Gasteiger partial charge in [-0.1, -0.05) is 53.1 Å². The van der Waals surface area contributed by atoms with Gasteiger partial charge in [-0.2, -0.15) is 0 Å². The molecule has 1 atom stereocenters. The van der Waals surface area contributed by atoms with Gasteiger partial charge in [-0.15, -0.1) is 0 Å². The smallest absolute Gasteiger partial charge is 0.0637 e. The van der Waals surface area contributed by atoms with E-state index in [0.29, 0.717) is 5.02 Å². The summed E-state index contributed by atoms with van der Waals surface area (Å²) in [6, 6.07) is 14.2. The second kappa shape index (κ2) is 4.75. The Hall–Kier alpha value is -1.31. The minimum Gasteiger partial charge on any atom is -0.318 e. The highest BCUT2D eigenvalue weighted by molar-refractivity contribution is 6.30. The fourth-order valence-electron chi connectivity index (χ4n) is 2.25. The summed E-state index contributed by atoms with van der Waals surface area (Å²) < 4.78 is 0. The number of nitrogens with two attached hydrogens (primary N) is 1. The molecule has 2 heteroatoms. The number of hydrogen-bond donors (Lipinski definition) is 1. The van der Waals surface area contributed by atoms with Crippen LogP contribution in [0.3, 0.4) is 0 Å². The maximum absolute atomic E-state index is 6.51. The van der Waals surface area contributed by atoms with Gasteiger partial charge in [0.15, 0.2) is 0 Å². The number of halogens is 1. The first-order valence-electron chi connectivity index (χ1n) is 6.03. The molecule has 0 saturated carbocycles. The number of aryl methyl sites for hydroxylation is 2. The van der Waals surface area contributed by atoms with Crippen molar-refractivity contribution in [2.45, 2.75) is 26.3 Å². The molecule has 0 aliphatic rings. The largest absolute Gasteiger partial charge is 0.318 e. The second-order valence-electron chi connectivity index (χ2n) is 5.09. The van der Waals surface area contributed by atoms with Crippen LogP contribution in [0.4, 0.5) is 0 Å². The van der Waals surface area contributed by atoms with E-state index >= 15 is 0 Å². The molecule has 0 aromatic heterocycles. The fraction of sp³-hybridized carbons (Fsp3) is 0.250. The van der Waals surface area contributed by atoms with E-state index in [2.05, 4.69) is 32.0 Å². The van der Waals surface area contributed by atoms with E-state index in [1.807, 2.05) is 31.2 Å². The molecule has 0 aliphatic heterocycles. The molecule has 0 fully saturated rings. The van der Waals surface area contributed by atoms with Gasteiger partial charge in [0.1, 0.15) is 0 Å². The normalized spacial score (nSPS) is 14.3. The molecule has 1 nitrogen and oxygen atoms in total. The summed E-state index contributed by atoms with van der Waals surface area (Å²) in [6.07, 6.45) is 0. The van der Waals surface area contributed by atoms with Gasteiger partial charge < -0.3 is 5.73 Å². The van der Waals surface area contributed by atoms with Crippen LogP contribution < -0.4 is 5.73 Å². The monoisotopic (exact) mass is 259 g/mol. The highest BCUT2D eigenvalue weighted by atomic mass is 35.5. The van der Waals surface area contributed by atoms with E-state index in [9.17, 15) is 0 Å². The third-order valence-electron chi connectivity index (χ3n) is 3.25. The van der Waals surface area contributed by atoms with Crippen molar-refractivity contribution in [1.82, 2.24) is 0 Å². The molecule has 1 unspecified atom stereocenters. The Morgan fingerprint density at radius 3 is 2.11 bits per heavy atom. The minimum absolute atomic E-state index is 0.526. The summed E-state index contributed by atoms with van der Waals surface area (Å²) in [7, 11) is 0. The Morgan fingerprint density at radius 1 is 0.944 bits per heavy atom. The summed E-state index contributed by atoms with van der Waals surface area (Å²) in [6.45, 7) is 6.20. The van der Waals surface area contributed by atoms with Crippen molar-refractivity contribution >= 4 is 11.6 Å². The summed E-state index contributed by atoms with van der Waals surface area (Å²) in [5, 5.41) is 0.716. The highest BCUT2D eigenvalue weighted by Crippen LogP contribution is 2.29. The van der Waals surface area contributed by atoms with Gasteiger partial charge >= 0.3 is 0 Å². The van der Waals surface area contributed by atoms with E-state index in [1.165, 1.54) is 11.1 Å². The zero-order valence-corrected chi connectivity index (χ0v) is 11.8. The van der Waals surface area contributed by atoms with Crippen LogP contribution in [0.25, 0.3) is 0 Å². The lowest BCUT2D eigenvalue weighted by molar-refractivity contribution is 0.602. The van der Waals surface area contributed by atoms with Crippen LogP contribution >= 0.6 is 11.6 Å². The van der Waals surface area contributed by atoms with Crippen LogP contribution in [-0.4, -0.2) is 0 Å². The molecule has 0 heterocycles. The molecule has 94 valence electrons. The Bertz CT molecular complexity index is 553. The first-order valence-corrected chi connectivity index (χ1v) is 6.41. The van der Waals surface area contributed by atoms with Crippen LogP contribution in [-0.2, 0) is 5.54 Å². The lowest BCUT2D eigenvalue weighted by Crippen LogP contribution is -2.34. The third kappa shape index (κ3) is 2.58. The second-order valence-corrected chi connectivity index (χ2v) is 5.53. The topological polar surface area (TPSA) is 26.0 Å². The van der Waals surface area contributed by atoms with Crippen molar-refractivity contribution in [2.75, 3.05) is 0 Å². The van der Waals surface area contributed by atoms with Crippen LogP contribution in [0.2, 0.25) is 5.02 Å². The molecule has 18 heavy (non-hydrogen) atoms. The fourth-order valence-corrected chi connectivity index (χ4v) is 2.44. The van der Waals surface area contributed by atoms with Crippen LogP contribution in [0, 0.1) is 13.8 Å². The van der Waals surface area contributed by atoms with Crippen molar-refractivity contribution in [3.8, 4) is 0 Å². The van der Waals surface area contributed by atoms with Crippen molar-refractivity contribution in [2.24, 2.45) is 5.73 Å². The van der Waals surface area contributed by atoms with Crippen LogP contribution in [0.15, 0.2) is 42.5 Å². The number of benzene rings is 2. The molecule has 0 amide bonds. The van der Waals surface area contributed by atoms with Crippen LogP contribution in [0.1, 0.15) is 29.2 Å². The highest BCUT2D eigenvalue weighted by Gasteiger charge is 2.24. The number of hydrogen-bond acceptors (Lipinski definition) is 1. The standard InChI is InChI=1S/C16H18ClN/c1-11-7-12(2)9-14(8-11)16(3,18)13-5-4-6-15(17)10-13/h4-10H,18H2,1-3H3. The molecule has 0 saturated heterocycles. The van der Waals surface area contributed by atoms with E-state index < -0.39 is 5.54 Å². The minimum atomic E-state index is -0.526. The van der Waals surface area contributed by atoms with E-state index in [0.717, 1.165) is 11.1 Å². The molecule has 2 rings (SSSR count). The van der Waals surface area contributed by atoms with Gasteiger partial charge in [0.05, 0.1) is 5.54 Å². The summed E-state index contributed by atoms with van der Waals surface area (Å²) in [4.78, 5) is 0. The molecular formula is C16H18ClN. The van der Waals surface area contributed by atoms with Crippen molar-refractivity contribution in [1.29, 1.82) is 0 Å². The Labute approximate surface area is 114 Å². The Balaban J connectivity index is 2.53. The van der Waals surface area contributed by atoms with Gasteiger partial charge in [-0.25, -0.2) is 0 Å². The van der Waals surface area contributed by atoms with E-state index in [4.69, 9.17) is 17.3 Å². The van der Waals surface area contributed by atoms with Crippen molar-refractivity contribution in [3.63, 3.8) is 0 Å². The lowest BCUT2D eigenvalue weighted by Gasteiger charge is -2.27. The van der Waals surface area contributed by atoms with Crippen LogP contribution in [0.5, 0.6) is 0 Å². The number of rotatable bonds is 2. The van der Waals surface area contributed by atoms with Gasteiger partial charge in [0, 0.05) is 5.02 Å². The predicted molar refractivity (Wildman–Crippen MR) is 78.0 cm³/mol. The van der Waals surface area contributed by atoms with Crippen molar-refractivity contribution < 1.29 is 0 Å². The molecule has 0 radical (unpaired) electrons. The maximum atomic E-state index is 6.51. The zero-order valence-electron chi connectivity index (χ0n) is 11.0. The summed E-state index contributed by atoms with van der Waals surface area (Å²) in [5.41, 5.74) is 10.6. The molecule has 2 N–H and O–H groups in total. The van der Waals surface area contributed by atoms with Crippen molar-refractivity contribution in [3.05, 3.63) is 69.7 Å². The summed E-state index contributed by atoms with van der Waals surface area (Å²) >= 11 is 6.05. The first kappa shape index (κ1) is 13.1. The average Bonchev–Trinajstić information content (AvgIpc) is 2.27. The third-order valence-corrected chi connectivity index (χ3v) is 3.48. The Morgan fingerprint density at radius 2 is 1.56 bits per heavy atom.